The van der Waals surface area contributed by atoms with Crippen molar-refractivity contribution in [2.45, 2.75) is 11.7 Å². The van der Waals surface area contributed by atoms with Gasteiger partial charge in [0, 0.05) is 11.8 Å². The van der Waals surface area contributed by atoms with Gasteiger partial charge >= 0.3 is 5.97 Å². The van der Waals surface area contributed by atoms with E-state index in [9.17, 15) is 25.5 Å². The summed E-state index contributed by atoms with van der Waals surface area (Å²) in [5.74, 6) is -3.49. The molecule has 1 aliphatic rings. The summed E-state index contributed by atoms with van der Waals surface area (Å²) in [7, 11) is 0. The minimum Gasteiger partial charge on any atom is -0.508 e. The molecule has 1 unspecified atom stereocenters. The first-order valence-corrected chi connectivity index (χ1v) is 5.18. The molecule has 0 saturated heterocycles. The van der Waals surface area contributed by atoms with Crippen molar-refractivity contribution in [2.75, 3.05) is 0 Å². The van der Waals surface area contributed by atoms with Crippen molar-refractivity contribution in [3.8, 4) is 0 Å². The van der Waals surface area contributed by atoms with E-state index in [1.165, 1.54) is 30.4 Å². The zero-order valence-electron chi connectivity index (χ0n) is 9.28. The molecule has 0 aromatic heterocycles. The third-order valence-corrected chi connectivity index (χ3v) is 2.65. The van der Waals surface area contributed by atoms with Gasteiger partial charge in [0.05, 0.1) is 0 Å². The molecule has 6 nitrogen and oxygen atoms in total. The molecule has 0 amide bonds. The maximum atomic E-state index is 10.2. The van der Waals surface area contributed by atoms with Gasteiger partial charge < -0.3 is 30.8 Å². The first-order valence-electron chi connectivity index (χ1n) is 5.18. The Hall–Kier alpha value is -1.86. The van der Waals surface area contributed by atoms with Crippen LogP contribution in [0.1, 0.15) is 11.1 Å². The second-order valence-corrected chi connectivity index (χ2v) is 4.02. The predicted octanol–water partition coefficient (Wildman–Crippen LogP) is -0.522. The quantitative estimate of drug-likeness (QED) is 0.374. The maximum Gasteiger partial charge on any atom is 0.330 e. The van der Waals surface area contributed by atoms with Crippen molar-refractivity contribution in [3.05, 3.63) is 53.4 Å². The summed E-state index contributed by atoms with van der Waals surface area (Å²) in [6, 6.07) is 5.98. The summed E-state index contributed by atoms with van der Waals surface area (Å²) in [4.78, 5) is 0. The van der Waals surface area contributed by atoms with E-state index in [4.69, 9.17) is 0 Å². The molecule has 0 fully saturated rings. The normalized spacial score (nSPS) is 23.4. The Bertz CT molecular complexity index is 517. The van der Waals surface area contributed by atoms with Crippen LogP contribution in [0.3, 0.4) is 0 Å². The summed E-state index contributed by atoms with van der Waals surface area (Å²) in [6.45, 7) is 0. The molecule has 2 rings (SSSR count). The molecular weight excluding hydrogens is 238 g/mol. The smallest absolute Gasteiger partial charge is 0.330 e. The predicted molar refractivity (Wildman–Crippen MR) is 62.6 cm³/mol. The molecule has 1 aromatic rings. The summed E-state index contributed by atoms with van der Waals surface area (Å²) in [5, 5.41) is 49.7. The van der Waals surface area contributed by atoms with Crippen LogP contribution in [0, 0.1) is 0 Å². The van der Waals surface area contributed by atoms with Gasteiger partial charge in [0.1, 0.15) is 5.76 Å². The van der Waals surface area contributed by atoms with Gasteiger partial charge in [0.25, 0.3) is 0 Å². The fourth-order valence-corrected chi connectivity index (χ4v) is 1.69. The first-order chi connectivity index (χ1) is 8.33. The molecule has 96 valence electrons. The van der Waals surface area contributed by atoms with Crippen LogP contribution in [0.2, 0.25) is 0 Å². The number of aliphatic hydroxyl groups excluding tert-OH is 1. The lowest BCUT2D eigenvalue weighted by Gasteiger charge is -2.35. The molecule has 0 saturated carbocycles. The van der Waals surface area contributed by atoms with E-state index in [0.717, 1.165) is 6.20 Å². The summed E-state index contributed by atoms with van der Waals surface area (Å²) in [6.07, 6.45) is 3.72. The lowest BCUT2D eigenvalue weighted by atomic mass is 9.98. The molecule has 0 aliphatic carbocycles. The van der Waals surface area contributed by atoms with Crippen molar-refractivity contribution in [2.24, 2.45) is 0 Å². The van der Waals surface area contributed by atoms with Crippen LogP contribution < -0.4 is 5.32 Å². The molecular formula is C12H13NO5. The van der Waals surface area contributed by atoms with E-state index in [2.05, 4.69) is 5.32 Å². The SMILES string of the molecule is OC1=Cc2cccc(c2)C(O)(C(O)(O)O)NC=C1. The third kappa shape index (κ3) is 2.09. The van der Waals surface area contributed by atoms with Gasteiger partial charge in [-0.1, -0.05) is 18.2 Å². The highest BCUT2D eigenvalue weighted by molar-refractivity contribution is 5.55. The lowest BCUT2D eigenvalue weighted by Crippen LogP contribution is -2.59. The number of fused-ring (bicyclic) bond motifs is 2. The van der Waals surface area contributed by atoms with Crippen molar-refractivity contribution >= 4 is 6.08 Å². The van der Waals surface area contributed by atoms with E-state index in [0.29, 0.717) is 5.56 Å². The molecule has 0 spiro atoms. The van der Waals surface area contributed by atoms with Gasteiger partial charge in [-0.25, -0.2) is 0 Å². The molecule has 1 atom stereocenters. The van der Waals surface area contributed by atoms with E-state index < -0.39 is 11.7 Å². The van der Waals surface area contributed by atoms with Crippen molar-refractivity contribution < 1.29 is 25.5 Å². The van der Waals surface area contributed by atoms with Crippen LogP contribution in [-0.4, -0.2) is 31.5 Å². The van der Waals surface area contributed by atoms with E-state index in [1.807, 2.05) is 0 Å². The number of hydrogen-bond acceptors (Lipinski definition) is 6. The minimum absolute atomic E-state index is 0.0306. The Balaban J connectivity index is 2.62. The molecule has 18 heavy (non-hydrogen) atoms. The van der Waals surface area contributed by atoms with Crippen LogP contribution in [0.25, 0.3) is 6.08 Å². The average Bonchev–Trinajstić information content (AvgIpc) is 2.30. The number of nitrogens with one attached hydrogen (secondary N) is 1. The van der Waals surface area contributed by atoms with Gasteiger partial charge in [-0.15, -0.1) is 0 Å². The molecule has 1 aliphatic heterocycles. The summed E-state index contributed by atoms with van der Waals surface area (Å²) >= 11 is 0. The van der Waals surface area contributed by atoms with Crippen LogP contribution in [0.4, 0.5) is 0 Å². The van der Waals surface area contributed by atoms with Crippen molar-refractivity contribution in [1.82, 2.24) is 5.32 Å². The van der Waals surface area contributed by atoms with Crippen LogP contribution >= 0.6 is 0 Å². The zero-order chi connectivity index (χ0) is 13.4. The van der Waals surface area contributed by atoms with Gasteiger partial charge in [-0.2, -0.15) is 0 Å². The fourth-order valence-electron chi connectivity index (χ4n) is 1.69. The third-order valence-electron chi connectivity index (χ3n) is 2.65. The molecule has 1 aromatic carbocycles. The van der Waals surface area contributed by atoms with Crippen LogP contribution in [0.5, 0.6) is 0 Å². The monoisotopic (exact) mass is 251 g/mol. The van der Waals surface area contributed by atoms with Gasteiger partial charge in [-0.3, -0.25) is 0 Å². The number of aliphatic hydroxyl groups is 5. The average molecular weight is 251 g/mol. The molecule has 0 radical (unpaired) electrons. The standard InChI is InChI=1S/C12H13NO5/c14-10-4-5-13-11(15,12(16,17)18)9-3-1-2-8(6-9)7-10/h1-7,13-18H. The van der Waals surface area contributed by atoms with Gasteiger partial charge in [0.2, 0.25) is 5.72 Å². The molecule has 1 heterocycles. The van der Waals surface area contributed by atoms with Crippen LogP contribution in [0.15, 0.2) is 42.3 Å². The van der Waals surface area contributed by atoms with Crippen molar-refractivity contribution in [1.29, 1.82) is 0 Å². The topological polar surface area (TPSA) is 113 Å². The zero-order valence-corrected chi connectivity index (χ0v) is 9.28. The Labute approximate surface area is 103 Å². The molecule has 6 heteroatoms. The highest BCUT2D eigenvalue weighted by Crippen LogP contribution is 2.29. The van der Waals surface area contributed by atoms with E-state index >= 15 is 0 Å². The largest absolute Gasteiger partial charge is 0.508 e. The van der Waals surface area contributed by atoms with Gasteiger partial charge in [-0.05, 0) is 23.8 Å². The molecule has 6 N–H and O–H groups in total. The van der Waals surface area contributed by atoms with Gasteiger partial charge in [0.15, 0.2) is 0 Å². The maximum absolute atomic E-state index is 10.2. The summed E-state index contributed by atoms with van der Waals surface area (Å²) < 4.78 is 0. The minimum atomic E-state index is -3.39. The number of allylic oxidation sites excluding steroid dienone is 1. The highest BCUT2D eigenvalue weighted by Gasteiger charge is 2.49. The first kappa shape index (κ1) is 12.6. The second kappa shape index (κ2) is 4.11. The number of rotatable bonds is 1. The van der Waals surface area contributed by atoms with E-state index in [1.54, 1.807) is 6.07 Å². The van der Waals surface area contributed by atoms with Crippen LogP contribution in [-0.2, 0) is 5.72 Å². The molecule has 2 bridgehead atoms. The number of benzene rings is 1. The lowest BCUT2D eigenvalue weighted by molar-refractivity contribution is -0.402. The van der Waals surface area contributed by atoms with Crippen molar-refractivity contribution in [3.63, 3.8) is 0 Å². The van der Waals surface area contributed by atoms with E-state index in [-0.39, 0.29) is 11.3 Å². The Morgan fingerprint density at radius 2 is 1.89 bits per heavy atom. The fraction of sp³-hybridized carbons (Fsp3) is 0.167. The Morgan fingerprint density at radius 1 is 1.17 bits per heavy atom. The highest BCUT2D eigenvalue weighted by atomic mass is 16.7. The second-order valence-electron chi connectivity index (χ2n) is 4.02. The number of hydrogen-bond donors (Lipinski definition) is 6. The summed E-state index contributed by atoms with van der Waals surface area (Å²) in [5.41, 5.74) is -1.96. The Kier molecular flexibility index (Phi) is 2.88. The Morgan fingerprint density at radius 3 is 2.56 bits per heavy atom.